The van der Waals surface area contributed by atoms with Crippen molar-refractivity contribution < 1.29 is 40.9 Å². The Labute approximate surface area is 119 Å². The number of hydrogen-bond donors (Lipinski definition) is 0. The fourth-order valence-corrected chi connectivity index (χ4v) is 1.95. The van der Waals surface area contributed by atoms with Crippen molar-refractivity contribution in [2.24, 2.45) is 3.93 Å². The van der Waals surface area contributed by atoms with Crippen LogP contribution in [0.5, 0.6) is 0 Å². The molecule has 4 heteroatoms. The van der Waals surface area contributed by atoms with Gasteiger partial charge >= 0.3 is 94.6 Å². The maximum atomic E-state index is 4.29. The van der Waals surface area contributed by atoms with Crippen LogP contribution in [-0.2, 0) is 16.1 Å². The summed E-state index contributed by atoms with van der Waals surface area (Å²) in [5.74, 6) is 1.06. The number of benzene rings is 1. The second-order valence-corrected chi connectivity index (χ2v) is 4.47. The van der Waals surface area contributed by atoms with Crippen molar-refractivity contribution in [2.75, 3.05) is 0 Å². The molecule has 0 saturated carbocycles. The van der Waals surface area contributed by atoms with Gasteiger partial charge in [0.15, 0.2) is 0 Å². The molecule has 0 aliphatic rings. The fraction of sp³-hybridized carbons (Fsp3) is 0.500. The first-order valence-electron chi connectivity index (χ1n) is 5.04. The molecule has 0 amide bonds. The van der Waals surface area contributed by atoms with Crippen LogP contribution in [0.2, 0.25) is 0 Å². The van der Waals surface area contributed by atoms with E-state index < -0.39 is 0 Å². The molecule has 0 radical (unpaired) electrons. The zero-order valence-corrected chi connectivity index (χ0v) is 12.8. The molecule has 0 fully saturated rings. The molecule has 0 spiro atoms. The minimum absolute atomic E-state index is 0. The van der Waals surface area contributed by atoms with Crippen LogP contribution in [0.15, 0.2) is 22.1 Å². The standard InChI is InChI=1S/C12H17N.2ClH.Cr/c1-8(2)10-6-5-7-11(9(3)4)12(10)13;;;/h5-9H,1-4H3;2*1H;/q;;;+2/p-2. The van der Waals surface area contributed by atoms with E-state index in [2.05, 4.69) is 65.9 Å². The van der Waals surface area contributed by atoms with Crippen molar-refractivity contribution in [3.8, 4) is 0 Å². The maximum Gasteiger partial charge on any atom is -1.00 e. The van der Waals surface area contributed by atoms with Gasteiger partial charge in [0.05, 0.1) is 0 Å². The van der Waals surface area contributed by atoms with Crippen molar-refractivity contribution >= 4 is 5.69 Å². The SMILES string of the molecule is CC(C)c1cccc(C(C)C)c1[N]=[Cr+2].[Cl-].[Cl-]. The monoisotopic (exact) mass is 297 g/mol. The van der Waals surface area contributed by atoms with Gasteiger partial charge in [0.2, 0.25) is 0 Å². The van der Waals surface area contributed by atoms with Crippen LogP contribution < -0.4 is 24.8 Å². The molecule has 0 saturated heterocycles. The Balaban J connectivity index is 0. The van der Waals surface area contributed by atoms with Gasteiger partial charge in [0.25, 0.3) is 0 Å². The molecule has 16 heavy (non-hydrogen) atoms. The van der Waals surface area contributed by atoms with Crippen molar-refractivity contribution in [3.05, 3.63) is 29.3 Å². The van der Waals surface area contributed by atoms with E-state index in [1.807, 2.05) is 0 Å². The van der Waals surface area contributed by atoms with Crippen LogP contribution in [0.3, 0.4) is 0 Å². The van der Waals surface area contributed by atoms with Gasteiger partial charge in [0.1, 0.15) is 0 Å². The average Bonchev–Trinajstić information content (AvgIpc) is 2.16. The van der Waals surface area contributed by atoms with Crippen molar-refractivity contribution in [3.63, 3.8) is 0 Å². The summed E-state index contributed by atoms with van der Waals surface area (Å²) in [6.07, 6.45) is 0. The van der Waals surface area contributed by atoms with E-state index in [1.165, 1.54) is 11.1 Å². The molecule has 0 N–H and O–H groups in total. The summed E-state index contributed by atoms with van der Waals surface area (Å²) in [4.78, 5) is 0. The Bertz CT molecular complexity index is 312. The maximum absolute atomic E-state index is 4.29. The molecule has 1 aromatic rings. The molecule has 1 nitrogen and oxygen atoms in total. The van der Waals surface area contributed by atoms with Gasteiger partial charge in [-0.1, -0.05) is 0 Å². The summed E-state index contributed by atoms with van der Waals surface area (Å²) in [6.45, 7) is 8.81. The predicted octanol–water partition coefficient (Wildman–Crippen LogP) is -1.70. The summed E-state index contributed by atoms with van der Waals surface area (Å²) < 4.78 is 4.29. The fourth-order valence-electron chi connectivity index (χ4n) is 1.62. The first kappa shape index (κ1) is 18.5. The van der Waals surface area contributed by atoms with Crippen LogP contribution in [0.4, 0.5) is 5.69 Å². The Hall–Kier alpha value is 0.132. The van der Waals surface area contributed by atoms with Crippen molar-refractivity contribution in [1.82, 2.24) is 0 Å². The minimum atomic E-state index is 0. The number of nitrogens with zero attached hydrogens (tertiary/aromatic N) is 1. The smallest absolute Gasteiger partial charge is 1.00 e. The molecular formula is C12H17Cl2CrN. The van der Waals surface area contributed by atoms with Crippen LogP contribution in [0.1, 0.15) is 50.7 Å². The molecule has 1 aromatic carbocycles. The minimum Gasteiger partial charge on any atom is -1.00 e. The summed E-state index contributed by atoms with van der Waals surface area (Å²) in [5.41, 5.74) is 3.79. The van der Waals surface area contributed by atoms with Gasteiger partial charge in [-0.25, -0.2) is 0 Å². The first-order valence-corrected chi connectivity index (χ1v) is 5.61. The van der Waals surface area contributed by atoms with Crippen LogP contribution in [-0.4, -0.2) is 0 Å². The van der Waals surface area contributed by atoms with E-state index in [4.69, 9.17) is 0 Å². The third-order valence-corrected chi connectivity index (χ3v) is 2.72. The van der Waals surface area contributed by atoms with E-state index in [-0.39, 0.29) is 24.8 Å². The van der Waals surface area contributed by atoms with E-state index >= 15 is 0 Å². The van der Waals surface area contributed by atoms with Crippen LogP contribution in [0, 0.1) is 0 Å². The summed E-state index contributed by atoms with van der Waals surface area (Å²) in [6, 6.07) is 6.44. The van der Waals surface area contributed by atoms with E-state index in [1.54, 1.807) is 0 Å². The third-order valence-electron chi connectivity index (χ3n) is 2.43. The van der Waals surface area contributed by atoms with Gasteiger partial charge < -0.3 is 24.8 Å². The second-order valence-electron chi connectivity index (χ2n) is 4.19. The molecule has 0 bridgehead atoms. The molecule has 0 aromatic heterocycles. The third kappa shape index (κ3) is 4.19. The van der Waals surface area contributed by atoms with Gasteiger partial charge in [0, 0.05) is 0 Å². The van der Waals surface area contributed by atoms with Crippen molar-refractivity contribution in [1.29, 1.82) is 0 Å². The normalized spacial score (nSPS) is 9.56. The van der Waals surface area contributed by atoms with Crippen molar-refractivity contribution in [2.45, 2.75) is 39.5 Å². The molecule has 0 aliphatic heterocycles. The molecule has 90 valence electrons. The van der Waals surface area contributed by atoms with Crippen LogP contribution >= 0.6 is 0 Å². The average molecular weight is 298 g/mol. The van der Waals surface area contributed by atoms with Crippen LogP contribution in [0.25, 0.3) is 0 Å². The molecule has 0 unspecified atom stereocenters. The Kier molecular flexibility index (Phi) is 9.54. The molecular weight excluding hydrogens is 281 g/mol. The number of halogens is 2. The molecule has 0 atom stereocenters. The van der Waals surface area contributed by atoms with Gasteiger partial charge in [-0.3, -0.25) is 0 Å². The van der Waals surface area contributed by atoms with Gasteiger partial charge in [-0.2, -0.15) is 0 Å². The zero-order valence-electron chi connectivity index (χ0n) is 10.00. The topological polar surface area (TPSA) is 12.4 Å². The van der Waals surface area contributed by atoms with E-state index in [0.717, 1.165) is 5.69 Å². The summed E-state index contributed by atoms with van der Waals surface area (Å²) in [5, 5.41) is 0. The molecule has 0 aliphatic carbocycles. The number of rotatable bonds is 3. The summed E-state index contributed by atoms with van der Waals surface area (Å²) in [7, 11) is 0. The first-order chi connectivity index (χ1) is 6.57. The Morgan fingerprint density at radius 3 is 1.56 bits per heavy atom. The second kappa shape index (κ2) is 8.26. The Morgan fingerprint density at radius 2 is 1.31 bits per heavy atom. The number of hydrogen-bond acceptors (Lipinski definition) is 1. The predicted molar refractivity (Wildman–Crippen MR) is 56.7 cm³/mol. The molecule has 1 rings (SSSR count). The van der Waals surface area contributed by atoms with E-state index in [9.17, 15) is 0 Å². The van der Waals surface area contributed by atoms with E-state index in [0.29, 0.717) is 11.8 Å². The quantitative estimate of drug-likeness (QED) is 0.631. The largest absolute Gasteiger partial charge is 1.00 e. The summed E-state index contributed by atoms with van der Waals surface area (Å²) >= 11 is 2.77. The van der Waals surface area contributed by atoms with Gasteiger partial charge in [-0.05, 0) is 0 Å². The van der Waals surface area contributed by atoms with Gasteiger partial charge in [-0.15, -0.1) is 0 Å². The zero-order chi connectivity index (χ0) is 10.7. The Morgan fingerprint density at radius 1 is 0.938 bits per heavy atom. The molecule has 0 heterocycles.